The molecule has 0 radical (unpaired) electrons. The lowest BCUT2D eigenvalue weighted by molar-refractivity contribution is 0.299. The van der Waals surface area contributed by atoms with Crippen LogP contribution < -0.4 is 4.90 Å². The smallest absolute Gasteiger partial charge is 0.164 e. The SMILES string of the molecule is CC1(C)c2ccccc2-c2c(ccc3c2ccc2ccc(N(c4ccccc4)c4ccc5c(c4)oc4ccccc45)cc23)C1(C)C.CC1(C)c2ccccc2-c2ccc3ccc4cc(-c5ccc(-c6nc(-c7ccccc7)nc(-c7ccccc7)n6)cc5)ccc4c3c2C1(C)C.CC1(C)c2ccccc2-c2ccc3ccc4cc(-c5cccc(-c6nc(-c7ccccc7)nc(-c7ccccc7)n6)c5)ccc4c3c2C1(C)C. The summed E-state index contributed by atoms with van der Waals surface area (Å²) in [6.45, 7) is 28.9. The molecule has 0 spiro atoms. The zero-order chi connectivity index (χ0) is 99.3. The van der Waals surface area contributed by atoms with Crippen molar-refractivity contribution in [2.75, 3.05) is 4.90 Å². The molecule has 0 fully saturated rings. The molecule has 0 saturated carbocycles. The minimum Gasteiger partial charge on any atom is -0.456 e. The molecule has 24 aromatic rings. The summed E-state index contributed by atoms with van der Waals surface area (Å²) in [6, 6.07) is 159. The van der Waals surface area contributed by atoms with Gasteiger partial charge in [0.2, 0.25) is 0 Å². The van der Waals surface area contributed by atoms with E-state index < -0.39 is 0 Å². The van der Waals surface area contributed by atoms with Crippen molar-refractivity contribution in [1.29, 1.82) is 0 Å². The first kappa shape index (κ1) is 90.1. The third kappa shape index (κ3) is 14.8. The molecule has 0 N–H and O–H groups in total. The topological polar surface area (TPSA) is 93.7 Å². The van der Waals surface area contributed by atoms with Crippen molar-refractivity contribution < 1.29 is 4.42 Å². The van der Waals surface area contributed by atoms with Gasteiger partial charge in [-0.2, -0.15) is 0 Å². The molecule has 0 bridgehead atoms. The molecule has 8 heteroatoms. The Labute approximate surface area is 852 Å². The van der Waals surface area contributed by atoms with Gasteiger partial charge in [0.25, 0.3) is 0 Å². The summed E-state index contributed by atoms with van der Waals surface area (Å²) in [4.78, 5) is 31.9. The highest BCUT2D eigenvalue weighted by Crippen LogP contribution is 2.61. The number of para-hydroxylation sites is 2. The molecule has 146 heavy (non-hydrogen) atoms. The second-order valence-corrected chi connectivity index (χ2v) is 42.8. The van der Waals surface area contributed by atoms with Crippen LogP contribution in [0.15, 0.2) is 447 Å². The fourth-order valence-corrected chi connectivity index (χ4v) is 23.6. The molecule has 0 saturated heterocycles. The number of anilines is 3. The average Bonchev–Trinajstić information content (AvgIpc) is 0.873. The predicted octanol–water partition coefficient (Wildman–Crippen LogP) is 36.8. The van der Waals surface area contributed by atoms with Gasteiger partial charge in [-0.25, -0.2) is 29.9 Å². The maximum absolute atomic E-state index is 6.33. The minimum absolute atomic E-state index is 0.00537. The van der Waals surface area contributed by atoms with Gasteiger partial charge in [0.15, 0.2) is 34.9 Å². The highest BCUT2D eigenvalue weighted by Gasteiger charge is 2.50. The fourth-order valence-electron chi connectivity index (χ4n) is 23.6. The number of furan rings is 1. The number of hydrogen-bond donors (Lipinski definition) is 0. The first-order valence-electron chi connectivity index (χ1n) is 50.9. The van der Waals surface area contributed by atoms with Crippen LogP contribution in [0.1, 0.15) is 116 Å². The molecule has 3 heterocycles. The van der Waals surface area contributed by atoms with Gasteiger partial charge in [-0.05, 0) is 236 Å². The summed E-state index contributed by atoms with van der Waals surface area (Å²) in [5.41, 5.74) is 31.9. The molecule has 27 rings (SSSR count). The van der Waals surface area contributed by atoms with Crippen LogP contribution in [-0.2, 0) is 32.5 Å². The second kappa shape index (κ2) is 34.9. The normalized spacial score (nSPS) is 14.5. The van der Waals surface area contributed by atoms with Crippen LogP contribution in [0.25, 0.3) is 211 Å². The average molecular weight is 1880 g/mol. The second-order valence-electron chi connectivity index (χ2n) is 42.8. The van der Waals surface area contributed by atoms with Crippen LogP contribution >= 0.6 is 0 Å². The van der Waals surface area contributed by atoms with E-state index in [0.717, 1.165) is 89.1 Å². The third-order valence-electron chi connectivity index (χ3n) is 33.5. The van der Waals surface area contributed by atoms with Crippen molar-refractivity contribution in [3.05, 3.63) is 476 Å². The van der Waals surface area contributed by atoms with E-state index >= 15 is 0 Å². The lowest BCUT2D eigenvalue weighted by atomic mass is 9.54. The number of nitrogens with zero attached hydrogens (tertiary/aromatic N) is 7. The zero-order valence-corrected chi connectivity index (χ0v) is 84.2. The van der Waals surface area contributed by atoms with Gasteiger partial charge in [-0.1, -0.05) is 459 Å². The van der Waals surface area contributed by atoms with E-state index in [1.54, 1.807) is 0 Å². The van der Waals surface area contributed by atoms with E-state index in [9.17, 15) is 0 Å². The molecule has 0 amide bonds. The van der Waals surface area contributed by atoms with E-state index in [1.165, 1.54) is 137 Å². The van der Waals surface area contributed by atoms with Crippen molar-refractivity contribution >= 4 is 104 Å². The summed E-state index contributed by atoms with van der Waals surface area (Å²) in [7, 11) is 0. The van der Waals surface area contributed by atoms with Gasteiger partial charge in [0.1, 0.15) is 11.2 Å². The number of fused-ring (bicyclic) bond motifs is 24. The van der Waals surface area contributed by atoms with Crippen molar-refractivity contribution in [1.82, 2.24) is 29.9 Å². The van der Waals surface area contributed by atoms with Gasteiger partial charge >= 0.3 is 0 Å². The molecular weight excluding hydrogens is 1770 g/mol. The number of aromatic nitrogens is 6. The number of hydrogen-bond acceptors (Lipinski definition) is 8. The highest BCUT2D eigenvalue weighted by atomic mass is 16.3. The Morgan fingerprint density at radius 2 is 0.514 bits per heavy atom. The van der Waals surface area contributed by atoms with Gasteiger partial charge in [0.05, 0.1) is 0 Å². The lowest BCUT2D eigenvalue weighted by Crippen LogP contribution is -2.43. The van der Waals surface area contributed by atoms with Crippen molar-refractivity contribution in [2.45, 2.75) is 116 Å². The summed E-state index contributed by atoms with van der Waals surface area (Å²) in [5.74, 6) is 3.97. The van der Waals surface area contributed by atoms with E-state index in [4.69, 9.17) is 34.3 Å². The van der Waals surface area contributed by atoms with Crippen LogP contribution in [0, 0.1) is 0 Å². The molecule has 3 aliphatic rings. The Morgan fingerprint density at radius 3 is 1.03 bits per heavy atom. The minimum atomic E-state index is -0.0841. The van der Waals surface area contributed by atoms with Gasteiger partial charge in [0, 0.05) is 78.1 Å². The van der Waals surface area contributed by atoms with Crippen LogP contribution in [0.2, 0.25) is 0 Å². The maximum Gasteiger partial charge on any atom is 0.164 e. The summed E-state index contributed by atoms with van der Waals surface area (Å²) in [5, 5.41) is 17.7. The van der Waals surface area contributed by atoms with Crippen molar-refractivity contribution in [3.8, 4) is 124 Å². The summed E-state index contributed by atoms with van der Waals surface area (Å²) >= 11 is 0. The first-order valence-corrected chi connectivity index (χ1v) is 50.9. The first-order chi connectivity index (χ1) is 70.9. The van der Waals surface area contributed by atoms with Gasteiger partial charge < -0.3 is 9.32 Å². The standard InChI is InChI=1S/2C47H37N3.C44H35NO/c1-46(2)40-21-12-11-20-38(40)39-27-24-30-22-23-35-28-34(25-26-37(35)41(30)42(39)47(46,3)4)33-18-13-19-36(29-33)45-49-43(31-14-7-5-8-15-31)48-44(50-45)32-16-9-6-10-17-32;1-46(2)40-18-12-11-17-38(40)39-28-25-31-21-24-36-29-35(26-27-37(36)41(31)42(39)47(46,3)4)30-19-22-34(23-20-30)45-49-43(32-13-7-5-8-14-32)48-44(50-45)33-15-9-6-10-16-33;1-43(2)38-16-10-8-15-36(38)42-35-22-19-28-18-20-30(26-37(28)32(35)24-25-39(42)44(43,3)4)45(29-12-6-5-7-13-29)31-21-23-34-33-14-9-11-17-40(33)46-41(34)27-31/h2*5-29H,1-4H3;5-27H,1-4H3. The predicted molar refractivity (Wildman–Crippen MR) is 611 cm³/mol. The maximum atomic E-state index is 6.33. The molecule has 3 aromatic heterocycles. The Hall–Kier alpha value is -17.2. The van der Waals surface area contributed by atoms with Crippen molar-refractivity contribution in [2.24, 2.45) is 0 Å². The van der Waals surface area contributed by atoms with E-state index in [1.807, 2.05) is 133 Å². The molecule has 3 aliphatic carbocycles. The third-order valence-corrected chi connectivity index (χ3v) is 33.5. The molecule has 0 unspecified atom stereocenters. The Balaban J connectivity index is 0.000000114. The zero-order valence-electron chi connectivity index (χ0n) is 84.2. The largest absolute Gasteiger partial charge is 0.456 e. The van der Waals surface area contributed by atoms with Crippen LogP contribution in [0.5, 0.6) is 0 Å². The number of benzene rings is 21. The summed E-state index contributed by atoms with van der Waals surface area (Å²) in [6.07, 6.45) is 0. The number of rotatable bonds is 11. The fraction of sp³-hybridized carbons (Fsp3) is 0.130. The van der Waals surface area contributed by atoms with E-state index in [-0.39, 0.29) is 32.5 Å². The molecule has 0 aliphatic heterocycles. The summed E-state index contributed by atoms with van der Waals surface area (Å²) < 4.78 is 6.33. The monoisotopic (exact) mass is 1880 g/mol. The van der Waals surface area contributed by atoms with E-state index in [2.05, 4.69) is 397 Å². The van der Waals surface area contributed by atoms with E-state index in [0.29, 0.717) is 34.9 Å². The van der Waals surface area contributed by atoms with Crippen molar-refractivity contribution in [3.63, 3.8) is 0 Å². The van der Waals surface area contributed by atoms with Crippen LogP contribution in [0.3, 0.4) is 0 Å². The molecule has 0 atom stereocenters. The Kier molecular flexibility index (Phi) is 21.5. The van der Waals surface area contributed by atoms with Crippen LogP contribution in [0.4, 0.5) is 17.1 Å². The Morgan fingerprint density at radius 1 is 0.178 bits per heavy atom. The van der Waals surface area contributed by atoms with Gasteiger partial charge in [-0.3, -0.25) is 0 Å². The Bertz CT molecular complexity index is 9230. The van der Waals surface area contributed by atoms with Gasteiger partial charge in [-0.15, -0.1) is 0 Å². The molecule has 8 nitrogen and oxygen atoms in total. The molecule has 702 valence electrons. The molecule has 21 aromatic carbocycles. The lowest BCUT2D eigenvalue weighted by Gasteiger charge is -2.49. The molecular formula is C138H109N7O. The quantitative estimate of drug-likeness (QED) is 0.118. The van der Waals surface area contributed by atoms with Crippen LogP contribution in [-0.4, -0.2) is 29.9 Å². The highest BCUT2D eigenvalue weighted by molar-refractivity contribution is 6.17.